The Morgan fingerprint density at radius 3 is 1.55 bits per heavy atom. The first-order valence-electron chi connectivity index (χ1n) is 12.5. The lowest BCUT2D eigenvalue weighted by molar-refractivity contribution is 1.21. The number of allylic oxidation sites excluding steroid dienone is 7. The quantitative estimate of drug-likeness (QED) is 0.192. The smallest absolute Gasteiger partial charge is 0.0462 e. The summed E-state index contributed by atoms with van der Waals surface area (Å²) in [5, 5.41) is 0. The molecule has 0 N–H and O–H groups in total. The summed E-state index contributed by atoms with van der Waals surface area (Å²) < 4.78 is 0. The van der Waals surface area contributed by atoms with Gasteiger partial charge in [-0.25, -0.2) is 0 Å². The number of hydrogen-bond acceptors (Lipinski definition) is 2. The third-order valence-electron chi connectivity index (χ3n) is 5.94. The Morgan fingerprint density at radius 2 is 1.03 bits per heavy atom. The van der Waals surface area contributed by atoms with E-state index in [-0.39, 0.29) is 0 Å². The monoisotopic (exact) mass is 492 g/mol. The molecule has 0 aromatic heterocycles. The minimum atomic E-state index is 0.830. The van der Waals surface area contributed by atoms with Crippen molar-refractivity contribution in [2.45, 2.75) is 0 Å². The maximum atomic E-state index is 4.31. The van der Waals surface area contributed by atoms with Gasteiger partial charge in [-0.2, -0.15) is 0 Å². The first-order chi connectivity index (χ1) is 18.7. The van der Waals surface area contributed by atoms with Crippen molar-refractivity contribution in [3.63, 3.8) is 0 Å². The van der Waals surface area contributed by atoms with Gasteiger partial charge in [-0.3, -0.25) is 0 Å². The van der Waals surface area contributed by atoms with Crippen molar-refractivity contribution in [3.05, 3.63) is 189 Å². The van der Waals surface area contributed by atoms with Crippen molar-refractivity contribution < 1.29 is 0 Å². The van der Waals surface area contributed by atoms with E-state index in [1.165, 1.54) is 0 Å². The fourth-order valence-corrected chi connectivity index (χ4v) is 4.01. The molecule has 186 valence electrons. The molecule has 0 unspecified atom stereocenters. The predicted octanol–water partition coefficient (Wildman–Crippen LogP) is 10.0. The highest BCUT2D eigenvalue weighted by molar-refractivity contribution is 5.79. The minimum absolute atomic E-state index is 0.830. The average molecular weight is 493 g/mol. The zero-order valence-corrected chi connectivity index (χ0v) is 21.5. The van der Waals surface area contributed by atoms with Crippen LogP contribution in [0.5, 0.6) is 0 Å². The van der Waals surface area contributed by atoms with Crippen LogP contribution in [0.1, 0.15) is 5.56 Å². The molecule has 0 amide bonds. The van der Waals surface area contributed by atoms with E-state index in [4.69, 9.17) is 0 Å². The molecule has 0 aliphatic rings. The molecule has 0 atom stereocenters. The molecule has 0 aliphatic heterocycles. The van der Waals surface area contributed by atoms with Gasteiger partial charge >= 0.3 is 0 Å². The molecule has 0 spiro atoms. The first kappa shape index (κ1) is 26.0. The molecule has 0 bridgehead atoms. The summed E-state index contributed by atoms with van der Waals surface area (Å²) >= 11 is 0. The largest absolute Gasteiger partial charge is 0.318 e. The topological polar surface area (TPSA) is 6.48 Å². The number of rotatable bonds is 11. The van der Waals surface area contributed by atoms with Crippen molar-refractivity contribution >= 4 is 28.3 Å². The molecule has 0 aliphatic carbocycles. The van der Waals surface area contributed by atoms with E-state index in [1.807, 2.05) is 71.8 Å². The van der Waals surface area contributed by atoms with Gasteiger partial charge in [0.25, 0.3) is 0 Å². The standard InChI is InChI=1S/C36H32N2/c1-4-5-6-16-29-37(33-17-10-7-11-18-33)31(3)24-23-30(2)32-25-27-36(28-26-32)38(34-19-12-8-13-20-34)35-21-14-9-15-22-35/h4-29H,1-3H2/b6-5-,24-23-,29-16+. The van der Waals surface area contributed by atoms with E-state index in [0.29, 0.717) is 0 Å². The fraction of sp³-hybridized carbons (Fsp3) is 0. The van der Waals surface area contributed by atoms with E-state index in [0.717, 1.165) is 39.6 Å². The van der Waals surface area contributed by atoms with E-state index in [1.54, 1.807) is 6.08 Å². The molecular weight excluding hydrogens is 460 g/mol. The molecule has 4 aromatic rings. The van der Waals surface area contributed by atoms with Crippen molar-refractivity contribution in [1.82, 2.24) is 0 Å². The lowest BCUT2D eigenvalue weighted by Gasteiger charge is -2.25. The second kappa shape index (κ2) is 13.3. The Hall–Kier alpha value is -5.08. The molecule has 38 heavy (non-hydrogen) atoms. The van der Waals surface area contributed by atoms with Gasteiger partial charge < -0.3 is 9.80 Å². The normalized spacial score (nSPS) is 11.2. The van der Waals surface area contributed by atoms with Crippen molar-refractivity contribution in [3.8, 4) is 0 Å². The zero-order chi connectivity index (χ0) is 26.6. The fourth-order valence-electron chi connectivity index (χ4n) is 4.01. The highest BCUT2D eigenvalue weighted by Gasteiger charge is 2.12. The summed E-state index contributed by atoms with van der Waals surface area (Å²) in [6.45, 7) is 12.3. The van der Waals surface area contributed by atoms with Crippen LogP contribution in [0.4, 0.5) is 22.7 Å². The molecule has 0 saturated carbocycles. The molecule has 4 aromatic carbocycles. The van der Waals surface area contributed by atoms with Crippen LogP contribution in [-0.2, 0) is 0 Å². The van der Waals surface area contributed by atoms with Gasteiger partial charge in [-0.15, -0.1) is 0 Å². The first-order valence-corrected chi connectivity index (χ1v) is 12.5. The molecule has 0 heterocycles. The van der Waals surface area contributed by atoms with Crippen LogP contribution in [0, 0.1) is 0 Å². The molecule has 0 saturated heterocycles. The second-order valence-corrected chi connectivity index (χ2v) is 8.57. The summed E-state index contributed by atoms with van der Waals surface area (Å²) in [5.74, 6) is 0. The number of nitrogens with zero attached hydrogens (tertiary/aromatic N) is 2. The van der Waals surface area contributed by atoms with Gasteiger partial charge in [0.15, 0.2) is 0 Å². The van der Waals surface area contributed by atoms with E-state index in [9.17, 15) is 0 Å². The number of para-hydroxylation sites is 3. The van der Waals surface area contributed by atoms with Crippen molar-refractivity contribution in [1.29, 1.82) is 0 Å². The summed E-state index contributed by atoms with van der Waals surface area (Å²) in [6.07, 6.45) is 13.5. The van der Waals surface area contributed by atoms with Gasteiger partial charge in [0, 0.05) is 34.6 Å². The lowest BCUT2D eigenvalue weighted by atomic mass is 10.1. The van der Waals surface area contributed by atoms with E-state index < -0.39 is 0 Å². The summed E-state index contributed by atoms with van der Waals surface area (Å²) in [4.78, 5) is 4.28. The summed E-state index contributed by atoms with van der Waals surface area (Å²) in [5.41, 5.74) is 7.12. The van der Waals surface area contributed by atoms with Crippen LogP contribution in [-0.4, -0.2) is 0 Å². The Labute approximate surface area is 226 Å². The third kappa shape index (κ3) is 6.77. The lowest BCUT2D eigenvalue weighted by Crippen LogP contribution is -2.12. The molecule has 2 nitrogen and oxygen atoms in total. The van der Waals surface area contributed by atoms with Crippen LogP contribution in [0.2, 0.25) is 0 Å². The van der Waals surface area contributed by atoms with Gasteiger partial charge in [0.05, 0.1) is 0 Å². The number of benzene rings is 4. The Balaban J connectivity index is 1.53. The maximum absolute atomic E-state index is 4.31. The summed E-state index contributed by atoms with van der Waals surface area (Å²) in [7, 11) is 0. The molecule has 4 rings (SSSR count). The van der Waals surface area contributed by atoms with Crippen molar-refractivity contribution in [2.75, 3.05) is 9.80 Å². The van der Waals surface area contributed by atoms with Gasteiger partial charge in [-0.05, 0) is 71.8 Å². The third-order valence-corrected chi connectivity index (χ3v) is 5.94. The number of anilines is 4. The highest BCUT2D eigenvalue weighted by Crippen LogP contribution is 2.34. The van der Waals surface area contributed by atoms with Gasteiger partial charge in [-0.1, -0.05) is 111 Å². The average Bonchev–Trinajstić information content (AvgIpc) is 2.98. The molecule has 0 radical (unpaired) electrons. The second-order valence-electron chi connectivity index (χ2n) is 8.57. The zero-order valence-electron chi connectivity index (χ0n) is 21.5. The van der Waals surface area contributed by atoms with E-state index in [2.05, 4.69) is 110 Å². The predicted molar refractivity (Wildman–Crippen MR) is 166 cm³/mol. The molecular formula is C36H32N2. The van der Waals surface area contributed by atoms with Crippen LogP contribution < -0.4 is 9.80 Å². The Morgan fingerprint density at radius 1 is 0.526 bits per heavy atom. The van der Waals surface area contributed by atoms with Crippen LogP contribution in [0.25, 0.3) is 5.57 Å². The van der Waals surface area contributed by atoms with Crippen molar-refractivity contribution in [2.24, 2.45) is 0 Å². The summed E-state index contributed by atoms with van der Waals surface area (Å²) in [6, 6.07) is 39.4. The van der Waals surface area contributed by atoms with Crippen LogP contribution in [0.15, 0.2) is 183 Å². The Kier molecular flexibility index (Phi) is 9.09. The van der Waals surface area contributed by atoms with Crippen LogP contribution >= 0.6 is 0 Å². The van der Waals surface area contributed by atoms with Gasteiger partial charge in [0.2, 0.25) is 0 Å². The molecule has 2 heteroatoms. The number of hydrogen-bond donors (Lipinski definition) is 0. The van der Waals surface area contributed by atoms with Gasteiger partial charge in [0.1, 0.15) is 0 Å². The highest BCUT2D eigenvalue weighted by atomic mass is 15.1. The Bertz CT molecular complexity index is 1390. The van der Waals surface area contributed by atoms with E-state index >= 15 is 0 Å². The maximum Gasteiger partial charge on any atom is 0.0462 e. The minimum Gasteiger partial charge on any atom is -0.318 e. The molecule has 0 fully saturated rings. The van der Waals surface area contributed by atoms with Crippen LogP contribution in [0.3, 0.4) is 0 Å². The SMILES string of the molecule is C=C/C=C\C=C\N(C(=C)/C=C\C(=C)c1ccc(N(c2ccccc2)c2ccccc2)cc1)c1ccccc1.